The number of benzene rings is 2. The lowest BCUT2D eigenvalue weighted by Gasteiger charge is -2.14. The molecule has 0 unspecified atom stereocenters. The minimum atomic E-state index is -4.78. The molecule has 35 heavy (non-hydrogen) atoms. The SMILES string of the molecule is Bc1cnn2c(NCCCNS(=O)(=O)c3ccccc3C(F)(F)F)cc(-c3ccccc3Cl)nc12. The van der Waals surface area contributed by atoms with Crippen molar-refractivity contribution in [1.82, 2.24) is 19.3 Å². The summed E-state index contributed by atoms with van der Waals surface area (Å²) in [6.45, 7) is 0.259. The van der Waals surface area contributed by atoms with Gasteiger partial charge in [0.05, 0.1) is 16.2 Å². The summed E-state index contributed by atoms with van der Waals surface area (Å²) in [6, 6.07) is 13.2. The first-order valence-electron chi connectivity index (χ1n) is 10.6. The Morgan fingerprint density at radius 3 is 2.51 bits per heavy atom. The fourth-order valence-corrected chi connectivity index (χ4v) is 5.06. The first kappa shape index (κ1) is 25.0. The molecule has 4 aromatic rings. The Morgan fingerprint density at radius 1 is 1.06 bits per heavy atom. The van der Waals surface area contributed by atoms with Crippen LogP contribution in [0.1, 0.15) is 12.0 Å². The number of hydrogen-bond acceptors (Lipinski definition) is 5. The average Bonchev–Trinajstić information content (AvgIpc) is 3.19. The van der Waals surface area contributed by atoms with E-state index in [0.29, 0.717) is 35.1 Å². The summed E-state index contributed by atoms with van der Waals surface area (Å²) >= 11 is 6.34. The van der Waals surface area contributed by atoms with Gasteiger partial charge >= 0.3 is 6.18 Å². The minimum absolute atomic E-state index is 0.0642. The zero-order valence-electron chi connectivity index (χ0n) is 18.5. The Balaban J connectivity index is 1.46. The van der Waals surface area contributed by atoms with Crippen molar-refractivity contribution < 1.29 is 21.6 Å². The summed E-state index contributed by atoms with van der Waals surface area (Å²) in [4.78, 5) is 3.86. The molecule has 0 bridgehead atoms. The molecule has 0 aliphatic rings. The summed E-state index contributed by atoms with van der Waals surface area (Å²) in [6.07, 6.45) is -2.80. The maximum Gasteiger partial charge on any atom is 0.417 e. The van der Waals surface area contributed by atoms with Gasteiger partial charge in [-0.25, -0.2) is 18.1 Å². The lowest BCUT2D eigenvalue weighted by molar-refractivity contribution is -0.139. The summed E-state index contributed by atoms with van der Waals surface area (Å²) < 4.78 is 68.4. The molecule has 2 aromatic carbocycles. The van der Waals surface area contributed by atoms with E-state index in [2.05, 4.69) is 20.1 Å². The van der Waals surface area contributed by atoms with E-state index in [9.17, 15) is 21.6 Å². The largest absolute Gasteiger partial charge is 0.417 e. The molecular weight excluding hydrogens is 502 g/mol. The molecule has 0 saturated carbocycles. The van der Waals surface area contributed by atoms with Crippen LogP contribution in [0.4, 0.5) is 19.0 Å². The van der Waals surface area contributed by atoms with Crippen molar-refractivity contribution in [2.45, 2.75) is 17.5 Å². The van der Waals surface area contributed by atoms with Crippen LogP contribution in [0.15, 0.2) is 65.7 Å². The summed E-state index contributed by atoms with van der Waals surface area (Å²) in [5.74, 6) is 0.614. The lowest BCUT2D eigenvalue weighted by Crippen LogP contribution is -2.28. The van der Waals surface area contributed by atoms with Crippen LogP contribution in [-0.2, 0) is 16.2 Å². The molecule has 0 saturated heterocycles. The summed E-state index contributed by atoms with van der Waals surface area (Å²) in [5, 5.41) is 8.06. The molecule has 4 rings (SSSR count). The van der Waals surface area contributed by atoms with Gasteiger partial charge in [-0.05, 0) is 30.1 Å². The Labute approximate surface area is 205 Å². The molecular formula is C22H20BClF3N5O2S. The predicted molar refractivity (Wildman–Crippen MR) is 131 cm³/mol. The number of nitrogens with zero attached hydrogens (tertiary/aromatic N) is 3. The highest BCUT2D eigenvalue weighted by atomic mass is 35.5. The van der Waals surface area contributed by atoms with E-state index in [0.717, 1.165) is 29.2 Å². The topological polar surface area (TPSA) is 88.4 Å². The number of aromatic nitrogens is 3. The first-order valence-corrected chi connectivity index (χ1v) is 12.4. The van der Waals surface area contributed by atoms with E-state index >= 15 is 0 Å². The highest BCUT2D eigenvalue weighted by molar-refractivity contribution is 7.89. The second-order valence-electron chi connectivity index (χ2n) is 7.74. The molecule has 0 atom stereocenters. The van der Waals surface area contributed by atoms with Crippen LogP contribution in [0.3, 0.4) is 0 Å². The molecule has 182 valence electrons. The molecule has 0 spiro atoms. The molecule has 2 N–H and O–H groups in total. The summed E-state index contributed by atoms with van der Waals surface area (Å²) in [7, 11) is -2.46. The average molecular weight is 522 g/mol. The second-order valence-corrected chi connectivity index (χ2v) is 9.88. The van der Waals surface area contributed by atoms with Gasteiger partial charge in [0.25, 0.3) is 0 Å². The Bertz CT molecular complexity index is 1480. The van der Waals surface area contributed by atoms with Crippen LogP contribution in [0.25, 0.3) is 16.9 Å². The maximum atomic E-state index is 13.2. The highest BCUT2D eigenvalue weighted by Crippen LogP contribution is 2.34. The van der Waals surface area contributed by atoms with Crippen molar-refractivity contribution in [2.75, 3.05) is 18.4 Å². The fourth-order valence-electron chi connectivity index (χ4n) is 3.53. The summed E-state index contributed by atoms with van der Waals surface area (Å²) in [5.41, 5.74) is 1.67. The molecule has 0 amide bonds. The van der Waals surface area contributed by atoms with E-state index in [4.69, 9.17) is 11.6 Å². The third kappa shape index (κ3) is 5.44. The van der Waals surface area contributed by atoms with E-state index in [-0.39, 0.29) is 6.54 Å². The Hall–Kier alpha value is -3.09. The van der Waals surface area contributed by atoms with Gasteiger partial charge in [-0.1, -0.05) is 41.9 Å². The van der Waals surface area contributed by atoms with E-state index in [1.807, 2.05) is 26.0 Å². The van der Waals surface area contributed by atoms with Crippen molar-refractivity contribution in [2.24, 2.45) is 0 Å². The number of anilines is 1. The molecule has 0 radical (unpaired) electrons. The second kappa shape index (κ2) is 9.88. The number of sulfonamides is 1. The molecule has 0 fully saturated rings. The normalized spacial score (nSPS) is 12.2. The van der Waals surface area contributed by atoms with E-state index in [1.165, 1.54) is 6.07 Å². The third-order valence-electron chi connectivity index (χ3n) is 5.23. The smallest absolute Gasteiger partial charge is 0.370 e. The quantitative estimate of drug-likeness (QED) is 0.275. The van der Waals surface area contributed by atoms with Crippen molar-refractivity contribution in [3.63, 3.8) is 0 Å². The standard InChI is InChI=1S/C22H20BClF3N5O2S/c23-16-13-29-32-20(12-18(31-21(16)32)14-6-1-3-8-17(14)24)28-10-5-11-30-35(33,34)19-9-4-2-7-15(19)22(25,26)27/h1-4,6-9,12-13,28,30H,5,10-11,23H2. The van der Waals surface area contributed by atoms with Crippen LogP contribution in [0.2, 0.25) is 5.02 Å². The Kier molecular flexibility index (Phi) is 7.06. The van der Waals surface area contributed by atoms with Crippen LogP contribution < -0.4 is 15.5 Å². The fraction of sp³-hybridized carbons (Fsp3) is 0.182. The highest BCUT2D eigenvalue weighted by Gasteiger charge is 2.36. The van der Waals surface area contributed by atoms with E-state index in [1.54, 1.807) is 22.8 Å². The van der Waals surface area contributed by atoms with Gasteiger partial charge in [-0.15, -0.1) is 0 Å². The van der Waals surface area contributed by atoms with Crippen molar-refractivity contribution in [1.29, 1.82) is 0 Å². The molecule has 2 aromatic heterocycles. The number of alkyl halides is 3. The number of hydrogen-bond donors (Lipinski definition) is 2. The van der Waals surface area contributed by atoms with Gasteiger partial charge in [0.1, 0.15) is 13.7 Å². The van der Waals surface area contributed by atoms with Crippen molar-refractivity contribution in [3.05, 3.63) is 71.4 Å². The van der Waals surface area contributed by atoms with Crippen LogP contribution in [0.5, 0.6) is 0 Å². The van der Waals surface area contributed by atoms with Gasteiger partial charge < -0.3 is 5.32 Å². The van der Waals surface area contributed by atoms with Crippen LogP contribution in [0, 0.1) is 0 Å². The number of rotatable bonds is 8. The monoisotopic (exact) mass is 521 g/mol. The molecule has 7 nitrogen and oxygen atoms in total. The zero-order valence-corrected chi connectivity index (χ0v) is 20.0. The minimum Gasteiger partial charge on any atom is -0.370 e. The number of fused-ring (bicyclic) bond motifs is 1. The van der Waals surface area contributed by atoms with Crippen LogP contribution >= 0.6 is 11.6 Å². The van der Waals surface area contributed by atoms with E-state index < -0.39 is 26.7 Å². The molecule has 2 heterocycles. The Morgan fingerprint density at radius 2 is 1.77 bits per heavy atom. The molecule has 13 heteroatoms. The number of halogens is 4. The number of nitrogens with one attached hydrogen (secondary N) is 2. The molecule has 0 aliphatic heterocycles. The van der Waals surface area contributed by atoms with Gasteiger partial charge in [0.2, 0.25) is 10.0 Å². The zero-order chi connectivity index (χ0) is 25.2. The van der Waals surface area contributed by atoms with Gasteiger partial charge in [0.15, 0.2) is 5.65 Å². The predicted octanol–water partition coefficient (Wildman–Crippen LogP) is 3.11. The van der Waals surface area contributed by atoms with Gasteiger partial charge in [-0.2, -0.15) is 22.8 Å². The van der Waals surface area contributed by atoms with Crippen molar-refractivity contribution >= 4 is 46.4 Å². The first-order chi connectivity index (χ1) is 16.6. The third-order valence-corrected chi connectivity index (χ3v) is 7.08. The van der Waals surface area contributed by atoms with Crippen LogP contribution in [-0.4, -0.2) is 44.0 Å². The lowest BCUT2D eigenvalue weighted by atomic mass is 10.0. The van der Waals surface area contributed by atoms with Gasteiger partial charge in [-0.3, -0.25) is 0 Å². The maximum absolute atomic E-state index is 13.2. The van der Waals surface area contributed by atoms with Gasteiger partial charge in [0, 0.05) is 35.9 Å². The van der Waals surface area contributed by atoms with Crippen molar-refractivity contribution in [3.8, 4) is 11.3 Å². The molecule has 0 aliphatic carbocycles.